The zero-order chi connectivity index (χ0) is 18.5. The Bertz CT molecular complexity index is 747. The molecule has 1 aliphatic heterocycles. The Morgan fingerprint density at radius 1 is 1.27 bits per heavy atom. The quantitative estimate of drug-likeness (QED) is 0.885. The average molecular weight is 359 g/mol. The molecule has 1 N–H and O–H groups in total. The summed E-state index contributed by atoms with van der Waals surface area (Å²) in [6.07, 6.45) is 4.50. The molecule has 1 aromatic heterocycles. The number of amides is 1. The zero-order valence-corrected chi connectivity index (χ0v) is 15.4. The summed E-state index contributed by atoms with van der Waals surface area (Å²) in [5.74, 6) is -0.328. The van der Waals surface area contributed by atoms with Gasteiger partial charge in [0.1, 0.15) is 11.5 Å². The number of hydrogen-bond donors (Lipinski definition) is 1. The van der Waals surface area contributed by atoms with Crippen molar-refractivity contribution >= 4 is 5.91 Å². The number of carbonyl (C=O) groups excluding carboxylic acids is 1. The van der Waals surface area contributed by atoms with Crippen LogP contribution in [0.3, 0.4) is 0 Å². The van der Waals surface area contributed by atoms with Gasteiger partial charge in [-0.3, -0.25) is 9.69 Å². The summed E-state index contributed by atoms with van der Waals surface area (Å²) in [6, 6.07) is 6.31. The maximum atomic E-state index is 13.9. The predicted octanol–water partition coefficient (Wildman–Crippen LogP) is 1.83. The molecule has 2 aromatic rings. The second-order valence-electron chi connectivity index (χ2n) is 6.89. The monoisotopic (exact) mass is 359 g/mol. The molecule has 1 fully saturated rings. The van der Waals surface area contributed by atoms with Gasteiger partial charge in [0.2, 0.25) is 5.91 Å². The first-order valence-corrected chi connectivity index (χ1v) is 9.02. The molecule has 6 nitrogen and oxygen atoms in total. The number of halogens is 1. The van der Waals surface area contributed by atoms with E-state index < -0.39 is 0 Å². The summed E-state index contributed by atoms with van der Waals surface area (Å²) in [7, 11) is 2.11. The first kappa shape index (κ1) is 18.5. The highest BCUT2D eigenvalue weighted by molar-refractivity contribution is 5.78. The molecule has 1 aromatic carbocycles. The highest BCUT2D eigenvalue weighted by Crippen LogP contribution is 2.16. The first-order chi connectivity index (χ1) is 12.5. The first-order valence-electron chi connectivity index (χ1n) is 9.02. The van der Waals surface area contributed by atoms with E-state index in [1.807, 2.05) is 6.92 Å². The molecule has 1 atom stereocenters. The molecule has 1 amide bonds. The van der Waals surface area contributed by atoms with Crippen molar-refractivity contribution in [3.8, 4) is 5.69 Å². The van der Waals surface area contributed by atoms with Gasteiger partial charge in [-0.1, -0.05) is 12.1 Å². The highest BCUT2D eigenvalue weighted by Gasteiger charge is 2.17. The average Bonchev–Trinajstić information content (AvgIpc) is 3.01. The van der Waals surface area contributed by atoms with Gasteiger partial charge < -0.3 is 10.2 Å². The molecule has 0 spiro atoms. The summed E-state index contributed by atoms with van der Waals surface area (Å²) < 4.78 is 15.4. The van der Waals surface area contributed by atoms with E-state index in [4.69, 9.17) is 0 Å². The molecule has 26 heavy (non-hydrogen) atoms. The lowest BCUT2D eigenvalue weighted by atomic mass is 10.2. The Kier molecular flexibility index (Phi) is 6.00. The van der Waals surface area contributed by atoms with Crippen molar-refractivity contribution in [3.63, 3.8) is 0 Å². The van der Waals surface area contributed by atoms with E-state index in [0.29, 0.717) is 12.2 Å². The lowest BCUT2D eigenvalue weighted by molar-refractivity contribution is -0.122. The minimum atomic E-state index is -0.329. The lowest BCUT2D eigenvalue weighted by Crippen LogP contribution is -2.39. The van der Waals surface area contributed by atoms with Crippen LogP contribution in [0.25, 0.3) is 5.69 Å². The molecule has 0 saturated carbocycles. The van der Waals surface area contributed by atoms with Gasteiger partial charge in [0, 0.05) is 24.8 Å². The molecule has 7 heteroatoms. The summed E-state index contributed by atoms with van der Waals surface area (Å²) >= 11 is 0. The summed E-state index contributed by atoms with van der Waals surface area (Å²) in [4.78, 5) is 16.8. The third-order valence-corrected chi connectivity index (χ3v) is 4.76. The second kappa shape index (κ2) is 8.42. The maximum Gasteiger partial charge on any atom is 0.234 e. The molecule has 0 unspecified atom stereocenters. The molecule has 3 rings (SSSR count). The number of nitrogens with one attached hydrogen (secondary N) is 1. The third-order valence-electron chi connectivity index (χ3n) is 4.76. The van der Waals surface area contributed by atoms with Gasteiger partial charge in [0.25, 0.3) is 0 Å². The van der Waals surface area contributed by atoms with Crippen molar-refractivity contribution in [1.29, 1.82) is 0 Å². The number of aromatic nitrogens is 2. The molecular weight excluding hydrogens is 333 g/mol. The number of hydrogen-bond acceptors (Lipinski definition) is 4. The van der Waals surface area contributed by atoms with E-state index in [2.05, 4.69) is 27.3 Å². The van der Waals surface area contributed by atoms with E-state index in [0.717, 1.165) is 38.2 Å². The van der Waals surface area contributed by atoms with Gasteiger partial charge in [-0.25, -0.2) is 9.07 Å². The summed E-state index contributed by atoms with van der Waals surface area (Å²) in [5, 5.41) is 7.23. The van der Waals surface area contributed by atoms with Crippen LogP contribution in [0.5, 0.6) is 0 Å². The minimum absolute atomic E-state index is 0.000643. The number of rotatable bonds is 5. The molecule has 0 aliphatic carbocycles. The third kappa shape index (κ3) is 4.68. The fourth-order valence-corrected chi connectivity index (χ4v) is 3.16. The van der Waals surface area contributed by atoms with Crippen molar-refractivity contribution in [2.45, 2.75) is 19.4 Å². The van der Waals surface area contributed by atoms with Crippen LogP contribution >= 0.6 is 0 Å². The number of likely N-dealkylation sites (N-methyl/N-ethyl adjacent to an activating group) is 1. The topological polar surface area (TPSA) is 53.4 Å². The Hall–Kier alpha value is -2.25. The molecular formula is C19H26FN5O. The Labute approximate surface area is 153 Å². The van der Waals surface area contributed by atoms with E-state index in [9.17, 15) is 9.18 Å². The van der Waals surface area contributed by atoms with Crippen LogP contribution in [0.2, 0.25) is 0 Å². The molecule has 0 radical (unpaired) electrons. The van der Waals surface area contributed by atoms with E-state index in [-0.39, 0.29) is 17.8 Å². The fourth-order valence-electron chi connectivity index (χ4n) is 3.16. The van der Waals surface area contributed by atoms with E-state index in [1.165, 1.54) is 10.7 Å². The predicted molar refractivity (Wildman–Crippen MR) is 98.6 cm³/mol. The van der Waals surface area contributed by atoms with Gasteiger partial charge in [0.05, 0.1) is 18.8 Å². The van der Waals surface area contributed by atoms with Gasteiger partial charge in [0.15, 0.2) is 0 Å². The highest BCUT2D eigenvalue weighted by atomic mass is 19.1. The molecule has 140 valence electrons. The van der Waals surface area contributed by atoms with Crippen LogP contribution in [-0.2, 0) is 4.79 Å². The van der Waals surface area contributed by atoms with Crippen LogP contribution in [0.15, 0.2) is 36.7 Å². The van der Waals surface area contributed by atoms with Crippen molar-refractivity contribution in [2.24, 2.45) is 0 Å². The fraction of sp³-hybridized carbons (Fsp3) is 0.474. The largest absolute Gasteiger partial charge is 0.348 e. The zero-order valence-electron chi connectivity index (χ0n) is 15.4. The maximum absolute atomic E-state index is 13.9. The summed E-state index contributed by atoms with van der Waals surface area (Å²) in [5.41, 5.74) is 1.24. The molecule has 2 heterocycles. The van der Waals surface area contributed by atoms with Crippen LogP contribution in [0.1, 0.15) is 24.9 Å². The van der Waals surface area contributed by atoms with Gasteiger partial charge >= 0.3 is 0 Å². The summed E-state index contributed by atoms with van der Waals surface area (Å²) in [6.45, 7) is 6.22. The number of carbonyl (C=O) groups is 1. The molecule has 0 bridgehead atoms. The standard InChI is InChI=1S/C19H26FN5O/c1-15(22-19(26)14-24-9-5-8-23(2)10-11-24)16-12-21-25(13-16)18-7-4-3-6-17(18)20/h3-4,6-7,12-13,15H,5,8-11,14H2,1-2H3,(H,22,26)/t15-/m0/s1. The molecule has 1 saturated heterocycles. The SMILES string of the molecule is C[C@H](NC(=O)CN1CCCN(C)CC1)c1cnn(-c2ccccc2F)c1. The van der Waals surface area contributed by atoms with Gasteiger partial charge in [-0.2, -0.15) is 5.10 Å². The lowest BCUT2D eigenvalue weighted by Gasteiger charge is -2.21. The van der Waals surface area contributed by atoms with E-state index >= 15 is 0 Å². The second-order valence-corrected chi connectivity index (χ2v) is 6.89. The van der Waals surface area contributed by atoms with Crippen molar-refractivity contribution in [1.82, 2.24) is 24.9 Å². The number of benzene rings is 1. The number of nitrogens with zero attached hydrogens (tertiary/aromatic N) is 4. The van der Waals surface area contributed by atoms with Crippen molar-refractivity contribution < 1.29 is 9.18 Å². The minimum Gasteiger partial charge on any atom is -0.348 e. The van der Waals surface area contributed by atoms with Gasteiger partial charge in [-0.05, 0) is 45.6 Å². The van der Waals surface area contributed by atoms with Crippen molar-refractivity contribution in [3.05, 3.63) is 48.0 Å². The Balaban J connectivity index is 1.57. The Morgan fingerprint density at radius 3 is 2.88 bits per heavy atom. The van der Waals surface area contributed by atoms with E-state index in [1.54, 1.807) is 30.6 Å². The smallest absolute Gasteiger partial charge is 0.234 e. The van der Waals surface area contributed by atoms with Gasteiger partial charge in [-0.15, -0.1) is 0 Å². The van der Waals surface area contributed by atoms with Crippen LogP contribution in [0.4, 0.5) is 4.39 Å². The Morgan fingerprint density at radius 2 is 2.08 bits per heavy atom. The van der Waals surface area contributed by atoms with Crippen LogP contribution < -0.4 is 5.32 Å². The normalized spacial score (nSPS) is 17.7. The number of para-hydroxylation sites is 1. The van der Waals surface area contributed by atoms with Crippen molar-refractivity contribution in [2.75, 3.05) is 39.8 Å². The molecule has 1 aliphatic rings. The van der Waals surface area contributed by atoms with Crippen LogP contribution in [0, 0.1) is 5.82 Å². The van der Waals surface area contributed by atoms with Crippen LogP contribution in [-0.4, -0.2) is 65.3 Å².